The number of hydrogen-bond acceptors (Lipinski definition) is 2. The zero-order chi connectivity index (χ0) is 7.23. The van der Waals surface area contributed by atoms with Gasteiger partial charge in [0.25, 0.3) is 0 Å². The SMILES string of the molecule is SCCCSC1CCCC1. The lowest BCUT2D eigenvalue weighted by Gasteiger charge is -2.06. The molecule has 0 saturated heterocycles. The van der Waals surface area contributed by atoms with E-state index >= 15 is 0 Å². The maximum atomic E-state index is 4.18. The predicted molar refractivity (Wildman–Crippen MR) is 53.2 cm³/mol. The average molecular weight is 176 g/mol. The van der Waals surface area contributed by atoms with E-state index in [0.717, 1.165) is 11.0 Å². The minimum atomic E-state index is 1.000. The van der Waals surface area contributed by atoms with Crippen molar-refractivity contribution in [2.75, 3.05) is 11.5 Å². The highest BCUT2D eigenvalue weighted by atomic mass is 32.2. The minimum absolute atomic E-state index is 1.000. The summed E-state index contributed by atoms with van der Waals surface area (Å²) in [7, 11) is 0. The first-order valence-corrected chi connectivity index (χ1v) is 5.84. The highest BCUT2D eigenvalue weighted by Crippen LogP contribution is 2.29. The topological polar surface area (TPSA) is 0 Å². The highest BCUT2D eigenvalue weighted by molar-refractivity contribution is 7.99. The van der Waals surface area contributed by atoms with Crippen LogP contribution in [0, 0.1) is 0 Å². The molecule has 1 saturated carbocycles. The first kappa shape index (κ1) is 8.79. The molecule has 0 nitrogen and oxygen atoms in total. The van der Waals surface area contributed by atoms with Crippen LogP contribution in [-0.4, -0.2) is 16.8 Å². The van der Waals surface area contributed by atoms with Crippen molar-refractivity contribution in [1.29, 1.82) is 0 Å². The van der Waals surface area contributed by atoms with Gasteiger partial charge in [0.2, 0.25) is 0 Å². The summed E-state index contributed by atoms with van der Waals surface area (Å²) < 4.78 is 0. The van der Waals surface area contributed by atoms with E-state index in [2.05, 4.69) is 24.4 Å². The zero-order valence-corrected chi connectivity index (χ0v) is 8.09. The number of thiol groups is 1. The van der Waals surface area contributed by atoms with Gasteiger partial charge in [0.15, 0.2) is 0 Å². The van der Waals surface area contributed by atoms with Gasteiger partial charge in [0, 0.05) is 5.25 Å². The smallest absolute Gasteiger partial charge is 0.00470 e. The van der Waals surface area contributed by atoms with Gasteiger partial charge in [-0.3, -0.25) is 0 Å². The molecule has 0 aliphatic heterocycles. The molecule has 0 atom stereocenters. The summed E-state index contributed by atoms with van der Waals surface area (Å²) >= 11 is 6.34. The van der Waals surface area contributed by atoms with Crippen LogP contribution >= 0.6 is 24.4 Å². The van der Waals surface area contributed by atoms with E-state index < -0.39 is 0 Å². The van der Waals surface area contributed by atoms with Crippen molar-refractivity contribution in [2.45, 2.75) is 37.4 Å². The van der Waals surface area contributed by atoms with Gasteiger partial charge in [0.05, 0.1) is 0 Å². The average Bonchev–Trinajstić information content (AvgIpc) is 2.41. The summed E-state index contributed by atoms with van der Waals surface area (Å²) in [5.41, 5.74) is 0. The van der Waals surface area contributed by atoms with Crippen molar-refractivity contribution in [3.05, 3.63) is 0 Å². The fourth-order valence-electron chi connectivity index (χ4n) is 1.37. The molecule has 0 unspecified atom stereocenters. The maximum Gasteiger partial charge on any atom is 0.00470 e. The Morgan fingerprint density at radius 3 is 2.60 bits per heavy atom. The van der Waals surface area contributed by atoms with Crippen molar-refractivity contribution in [3.8, 4) is 0 Å². The molecule has 0 heterocycles. The van der Waals surface area contributed by atoms with Gasteiger partial charge < -0.3 is 0 Å². The van der Waals surface area contributed by atoms with Crippen LogP contribution in [0.25, 0.3) is 0 Å². The van der Waals surface area contributed by atoms with Gasteiger partial charge in [-0.05, 0) is 30.8 Å². The molecule has 10 heavy (non-hydrogen) atoms. The van der Waals surface area contributed by atoms with E-state index in [-0.39, 0.29) is 0 Å². The van der Waals surface area contributed by atoms with E-state index in [1.54, 1.807) is 0 Å². The fraction of sp³-hybridized carbons (Fsp3) is 1.00. The van der Waals surface area contributed by atoms with Gasteiger partial charge in [-0.1, -0.05) is 12.8 Å². The van der Waals surface area contributed by atoms with Crippen LogP contribution in [0.5, 0.6) is 0 Å². The molecule has 0 aromatic heterocycles. The standard InChI is InChI=1S/C8H16S2/c9-6-3-7-10-8-4-1-2-5-8/h8-9H,1-7H2. The van der Waals surface area contributed by atoms with Crippen molar-refractivity contribution < 1.29 is 0 Å². The Morgan fingerprint density at radius 2 is 2.00 bits per heavy atom. The molecule has 1 aliphatic rings. The molecule has 1 fully saturated rings. The second-order valence-electron chi connectivity index (χ2n) is 2.85. The Kier molecular flexibility index (Phi) is 4.72. The molecular weight excluding hydrogens is 160 g/mol. The summed E-state index contributed by atoms with van der Waals surface area (Å²) in [5.74, 6) is 2.38. The zero-order valence-electron chi connectivity index (χ0n) is 6.38. The summed E-state index contributed by atoms with van der Waals surface area (Å²) in [6.45, 7) is 0. The van der Waals surface area contributed by atoms with Crippen molar-refractivity contribution in [2.24, 2.45) is 0 Å². The molecule has 2 heteroatoms. The van der Waals surface area contributed by atoms with Crippen molar-refractivity contribution in [1.82, 2.24) is 0 Å². The summed E-state index contributed by atoms with van der Waals surface area (Å²) in [4.78, 5) is 0. The number of hydrogen-bond donors (Lipinski definition) is 1. The van der Waals surface area contributed by atoms with Crippen LogP contribution in [0.2, 0.25) is 0 Å². The quantitative estimate of drug-likeness (QED) is 0.507. The van der Waals surface area contributed by atoms with Crippen LogP contribution in [0.1, 0.15) is 32.1 Å². The summed E-state index contributed by atoms with van der Waals surface area (Å²) in [6.07, 6.45) is 7.16. The first-order valence-electron chi connectivity index (χ1n) is 4.16. The van der Waals surface area contributed by atoms with Gasteiger partial charge >= 0.3 is 0 Å². The van der Waals surface area contributed by atoms with Crippen LogP contribution in [0.4, 0.5) is 0 Å². The minimum Gasteiger partial charge on any atom is -0.179 e. The lowest BCUT2D eigenvalue weighted by atomic mass is 10.4. The highest BCUT2D eigenvalue weighted by Gasteiger charge is 2.13. The van der Waals surface area contributed by atoms with Gasteiger partial charge in [-0.2, -0.15) is 24.4 Å². The third kappa shape index (κ3) is 3.20. The van der Waals surface area contributed by atoms with Crippen molar-refractivity contribution in [3.63, 3.8) is 0 Å². The van der Waals surface area contributed by atoms with E-state index in [4.69, 9.17) is 0 Å². The third-order valence-electron chi connectivity index (χ3n) is 1.96. The Hall–Kier alpha value is 0.700. The predicted octanol–water partition coefficient (Wildman–Crippen LogP) is 2.98. The van der Waals surface area contributed by atoms with E-state index in [1.807, 2.05) is 0 Å². The molecule has 0 amide bonds. The molecule has 0 N–H and O–H groups in total. The van der Waals surface area contributed by atoms with Crippen LogP contribution in [0.15, 0.2) is 0 Å². The molecule has 0 aromatic carbocycles. The fourth-order valence-corrected chi connectivity index (χ4v) is 3.05. The van der Waals surface area contributed by atoms with Gasteiger partial charge in [-0.25, -0.2) is 0 Å². The second-order valence-corrected chi connectivity index (χ2v) is 4.71. The first-order chi connectivity index (χ1) is 4.93. The molecule has 0 radical (unpaired) electrons. The van der Waals surface area contributed by atoms with Gasteiger partial charge in [-0.15, -0.1) is 0 Å². The lowest BCUT2D eigenvalue weighted by Crippen LogP contribution is -1.95. The Balaban J connectivity index is 1.91. The summed E-state index contributed by atoms with van der Waals surface area (Å²) in [6, 6.07) is 0. The van der Waals surface area contributed by atoms with Crippen LogP contribution in [0.3, 0.4) is 0 Å². The molecule has 1 aliphatic carbocycles. The number of rotatable bonds is 4. The van der Waals surface area contributed by atoms with Crippen molar-refractivity contribution >= 4 is 24.4 Å². The van der Waals surface area contributed by atoms with E-state index in [0.29, 0.717) is 0 Å². The maximum absolute atomic E-state index is 4.18. The molecule has 0 spiro atoms. The normalized spacial score (nSPS) is 20.1. The van der Waals surface area contributed by atoms with E-state index in [9.17, 15) is 0 Å². The Bertz CT molecular complexity index is 77.3. The molecule has 60 valence electrons. The lowest BCUT2D eigenvalue weighted by molar-refractivity contribution is 0.886. The number of thioether (sulfide) groups is 1. The molecule has 0 aromatic rings. The molecule has 1 rings (SSSR count). The van der Waals surface area contributed by atoms with Crippen LogP contribution < -0.4 is 0 Å². The Morgan fingerprint density at radius 1 is 1.30 bits per heavy atom. The Labute approximate surface area is 73.6 Å². The second kappa shape index (κ2) is 5.36. The monoisotopic (exact) mass is 176 g/mol. The van der Waals surface area contributed by atoms with Crippen LogP contribution in [-0.2, 0) is 0 Å². The largest absolute Gasteiger partial charge is 0.179 e. The van der Waals surface area contributed by atoms with E-state index in [1.165, 1.54) is 37.9 Å². The third-order valence-corrected chi connectivity index (χ3v) is 3.74. The van der Waals surface area contributed by atoms with Gasteiger partial charge in [0.1, 0.15) is 0 Å². The molecular formula is C8H16S2. The molecule has 0 bridgehead atoms. The summed E-state index contributed by atoms with van der Waals surface area (Å²) in [5, 5.41) is 1.000.